The van der Waals surface area contributed by atoms with Crippen molar-refractivity contribution in [3.05, 3.63) is 59.9 Å². The number of rotatable bonds is 5. The van der Waals surface area contributed by atoms with Crippen LogP contribution in [0.3, 0.4) is 0 Å². The second-order valence-electron chi connectivity index (χ2n) is 6.02. The molecule has 0 aromatic heterocycles. The minimum Gasteiger partial charge on any atom is -0.496 e. The van der Waals surface area contributed by atoms with Gasteiger partial charge in [0.2, 0.25) is 5.91 Å². The predicted molar refractivity (Wildman–Crippen MR) is 95.5 cm³/mol. The number of hydrogen-bond donors (Lipinski definition) is 2. The number of carbonyl (C=O) groups is 2. The van der Waals surface area contributed by atoms with Crippen LogP contribution < -0.4 is 20.3 Å². The molecule has 1 heterocycles. The Hall–Kier alpha value is -3.09. The first-order valence-electron chi connectivity index (χ1n) is 8.29. The maximum Gasteiger partial charge on any atom is 0.315 e. The molecule has 7 heteroatoms. The van der Waals surface area contributed by atoms with E-state index in [0.717, 1.165) is 5.56 Å². The Kier molecular flexibility index (Phi) is 5.36. The highest BCUT2D eigenvalue weighted by Crippen LogP contribution is 2.22. The van der Waals surface area contributed by atoms with Crippen LogP contribution in [0.15, 0.2) is 48.5 Å². The lowest BCUT2D eigenvalue weighted by Gasteiger charge is -2.17. The molecule has 136 valence electrons. The molecule has 0 aliphatic carbocycles. The molecule has 1 fully saturated rings. The van der Waals surface area contributed by atoms with Gasteiger partial charge in [-0.2, -0.15) is 0 Å². The Balaban J connectivity index is 1.53. The summed E-state index contributed by atoms with van der Waals surface area (Å²) in [4.78, 5) is 25.8. The molecule has 1 saturated heterocycles. The van der Waals surface area contributed by atoms with Crippen LogP contribution in [0, 0.1) is 5.82 Å². The first-order chi connectivity index (χ1) is 12.6. The van der Waals surface area contributed by atoms with E-state index >= 15 is 0 Å². The van der Waals surface area contributed by atoms with Gasteiger partial charge < -0.3 is 20.3 Å². The van der Waals surface area contributed by atoms with Gasteiger partial charge in [0, 0.05) is 30.8 Å². The Morgan fingerprint density at radius 1 is 1.23 bits per heavy atom. The summed E-state index contributed by atoms with van der Waals surface area (Å²) in [6.45, 7) is 0.671. The van der Waals surface area contributed by atoms with Crippen LogP contribution in [0.4, 0.5) is 14.9 Å². The zero-order chi connectivity index (χ0) is 18.5. The van der Waals surface area contributed by atoms with Gasteiger partial charge in [0.15, 0.2) is 0 Å². The van der Waals surface area contributed by atoms with Crippen molar-refractivity contribution in [2.45, 2.75) is 19.0 Å². The number of ether oxygens (including phenoxy) is 1. The van der Waals surface area contributed by atoms with Crippen molar-refractivity contribution in [3.63, 3.8) is 0 Å². The third-order valence-electron chi connectivity index (χ3n) is 4.23. The number of benzene rings is 2. The van der Waals surface area contributed by atoms with Crippen LogP contribution in [-0.4, -0.2) is 31.6 Å². The SMILES string of the molecule is COc1ccccc1CNC(=O)N[C@H]1CC(=O)N(c2ccc(F)cc2)C1. The first-order valence-corrected chi connectivity index (χ1v) is 8.29. The molecule has 3 amide bonds. The summed E-state index contributed by atoms with van der Waals surface area (Å²) in [5.74, 6) is 0.240. The summed E-state index contributed by atoms with van der Waals surface area (Å²) in [6, 6.07) is 12.5. The molecule has 2 aromatic carbocycles. The average molecular weight is 357 g/mol. The van der Waals surface area contributed by atoms with Gasteiger partial charge in [-0.3, -0.25) is 4.79 Å². The molecule has 0 radical (unpaired) electrons. The summed E-state index contributed by atoms with van der Waals surface area (Å²) >= 11 is 0. The molecule has 1 atom stereocenters. The molecule has 2 aromatic rings. The Morgan fingerprint density at radius 2 is 1.96 bits per heavy atom. The summed E-state index contributed by atoms with van der Waals surface area (Å²) in [7, 11) is 1.58. The van der Waals surface area contributed by atoms with Gasteiger partial charge in [0.25, 0.3) is 0 Å². The zero-order valence-electron chi connectivity index (χ0n) is 14.4. The topological polar surface area (TPSA) is 70.7 Å². The number of anilines is 1. The van der Waals surface area contributed by atoms with E-state index in [-0.39, 0.29) is 30.2 Å². The van der Waals surface area contributed by atoms with E-state index in [0.29, 0.717) is 24.5 Å². The highest BCUT2D eigenvalue weighted by atomic mass is 19.1. The fourth-order valence-corrected chi connectivity index (χ4v) is 2.94. The largest absolute Gasteiger partial charge is 0.496 e. The van der Waals surface area contributed by atoms with E-state index in [9.17, 15) is 14.0 Å². The van der Waals surface area contributed by atoms with E-state index in [1.807, 2.05) is 24.3 Å². The zero-order valence-corrected chi connectivity index (χ0v) is 14.4. The van der Waals surface area contributed by atoms with Gasteiger partial charge in [-0.1, -0.05) is 18.2 Å². The van der Waals surface area contributed by atoms with Gasteiger partial charge in [-0.15, -0.1) is 0 Å². The number of methoxy groups -OCH3 is 1. The Labute approximate surface area is 150 Å². The van der Waals surface area contributed by atoms with Crippen LogP contribution in [-0.2, 0) is 11.3 Å². The van der Waals surface area contributed by atoms with Gasteiger partial charge in [0.05, 0.1) is 13.2 Å². The standard InChI is InChI=1S/C19H20FN3O3/c1-26-17-5-3-2-4-13(17)11-21-19(25)22-15-10-18(24)23(12-15)16-8-6-14(20)7-9-16/h2-9,15H,10-12H2,1H3,(H2,21,22,25)/t15-/m0/s1. The van der Waals surface area contributed by atoms with Crippen molar-refractivity contribution < 1.29 is 18.7 Å². The fourth-order valence-electron chi connectivity index (χ4n) is 2.94. The first kappa shape index (κ1) is 17.7. The maximum absolute atomic E-state index is 13.0. The summed E-state index contributed by atoms with van der Waals surface area (Å²) < 4.78 is 18.3. The van der Waals surface area contributed by atoms with E-state index in [1.165, 1.54) is 12.1 Å². The van der Waals surface area contributed by atoms with Gasteiger partial charge in [-0.05, 0) is 30.3 Å². The van der Waals surface area contributed by atoms with Crippen molar-refractivity contribution in [2.75, 3.05) is 18.6 Å². The third kappa shape index (κ3) is 4.11. The predicted octanol–water partition coefficient (Wildman–Crippen LogP) is 2.44. The molecule has 3 rings (SSSR count). The highest BCUT2D eigenvalue weighted by Gasteiger charge is 2.31. The fraction of sp³-hybridized carbons (Fsp3) is 0.263. The second-order valence-corrected chi connectivity index (χ2v) is 6.02. The Bertz CT molecular complexity index is 795. The number of hydrogen-bond acceptors (Lipinski definition) is 3. The molecular weight excluding hydrogens is 337 g/mol. The minimum absolute atomic E-state index is 0.105. The molecule has 1 aliphatic heterocycles. The molecule has 0 bridgehead atoms. The number of halogens is 1. The normalized spacial score (nSPS) is 16.5. The van der Waals surface area contributed by atoms with Gasteiger partial charge >= 0.3 is 6.03 Å². The van der Waals surface area contributed by atoms with Crippen LogP contribution in [0.2, 0.25) is 0 Å². The van der Waals surface area contributed by atoms with Gasteiger partial charge in [0.1, 0.15) is 11.6 Å². The van der Waals surface area contributed by atoms with Crippen molar-refractivity contribution in [1.82, 2.24) is 10.6 Å². The maximum atomic E-state index is 13.0. The number of nitrogens with one attached hydrogen (secondary N) is 2. The van der Waals surface area contributed by atoms with Crippen molar-refractivity contribution in [1.29, 1.82) is 0 Å². The molecule has 1 aliphatic rings. The molecule has 6 nitrogen and oxygen atoms in total. The number of carbonyl (C=O) groups excluding carboxylic acids is 2. The molecular formula is C19H20FN3O3. The number of para-hydroxylation sites is 1. The van der Waals surface area contributed by atoms with Crippen molar-refractivity contribution >= 4 is 17.6 Å². The molecule has 26 heavy (non-hydrogen) atoms. The smallest absolute Gasteiger partial charge is 0.315 e. The number of urea groups is 1. The van der Waals surface area contributed by atoms with E-state index in [4.69, 9.17) is 4.74 Å². The summed E-state index contributed by atoms with van der Waals surface area (Å²) in [5.41, 5.74) is 1.48. The molecule has 2 N–H and O–H groups in total. The third-order valence-corrected chi connectivity index (χ3v) is 4.23. The number of nitrogens with zero attached hydrogens (tertiary/aromatic N) is 1. The van der Waals surface area contributed by atoms with Crippen LogP contribution in [0.1, 0.15) is 12.0 Å². The number of amides is 3. The van der Waals surface area contributed by atoms with Crippen molar-refractivity contribution in [2.24, 2.45) is 0 Å². The monoisotopic (exact) mass is 357 g/mol. The minimum atomic E-state index is -0.356. The lowest BCUT2D eigenvalue weighted by Crippen LogP contribution is -2.43. The van der Waals surface area contributed by atoms with Gasteiger partial charge in [-0.25, -0.2) is 9.18 Å². The van der Waals surface area contributed by atoms with E-state index in [1.54, 1.807) is 24.1 Å². The summed E-state index contributed by atoms with van der Waals surface area (Å²) in [5, 5.41) is 5.57. The van der Waals surface area contributed by atoms with Crippen LogP contribution >= 0.6 is 0 Å². The quantitative estimate of drug-likeness (QED) is 0.863. The highest BCUT2D eigenvalue weighted by molar-refractivity contribution is 5.96. The van der Waals surface area contributed by atoms with E-state index in [2.05, 4.69) is 10.6 Å². The van der Waals surface area contributed by atoms with Crippen LogP contribution in [0.25, 0.3) is 0 Å². The second kappa shape index (κ2) is 7.86. The van der Waals surface area contributed by atoms with Crippen LogP contribution in [0.5, 0.6) is 5.75 Å². The summed E-state index contributed by atoms with van der Waals surface area (Å²) in [6.07, 6.45) is 0.208. The van der Waals surface area contributed by atoms with Crippen molar-refractivity contribution in [3.8, 4) is 5.75 Å². The lowest BCUT2D eigenvalue weighted by molar-refractivity contribution is -0.117. The lowest BCUT2D eigenvalue weighted by atomic mass is 10.2. The average Bonchev–Trinajstić information content (AvgIpc) is 3.01. The molecule has 0 spiro atoms. The van der Waals surface area contributed by atoms with E-state index < -0.39 is 0 Å². The molecule has 0 unspecified atom stereocenters. The molecule has 0 saturated carbocycles. The Morgan fingerprint density at radius 3 is 2.69 bits per heavy atom.